The summed E-state index contributed by atoms with van der Waals surface area (Å²) >= 11 is 0. The first-order chi connectivity index (χ1) is 29.1. The second-order valence-corrected chi connectivity index (χ2v) is 15.8. The Balaban J connectivity index is 1.89. The number of nitroso groups, excluding NO2 is 1. The van der Waals surface area contributed by atoms with Gasteiger partial charge >= 0.3 is 0 Å². The number of methoxy groups -OCH3 is 2. The molecular formula is C44H61N4O11P. The number of nitriles is 1. The number of ether oxygens (including phenoxy) is 7. The lowest BCUT2D eigenvalue weighted by atomic mass is 9.80. The minimum Gasteiger partial charge on any atom is -0.497 e. The van der Waals surface area contributed by atoms with Crippen molar-refractivity contribution in [2.45, 2.75) is 103 Å². The van der Waals surface area contributed by atoms with Crippen molar-refractivity contribution in [3.8, 4) is 17.6 Å². The van der Waals surface area contributed by atoms with E-state index in [0.29, 0.717) is 18.1 Å². The second-order valence-electron chi connectivity index (χ2n) is 14.4. The molecule has 1 aliphatic heterocycles. The summed E-state index contributed by atoms with van der Waals surface area (Å²) in [6.07, 6.45) is -1.68. The molecule has 4 rings (SSSR count). The number of aliphatic hydroxyl groups excluding tert-OH is 1. The van der Waals surface area contributed by atoms with Gasteiger partial charge in [-0.3, -0.25) is 0 Å². The molecule has 1 fully saturated rings. The maximum absolute atomic E-state index is 12.0. The monoisotopic (exact) mass is 852 g/mol. The van der Waals surface area contributed by atoms with Gasteiger partial charge in [0.2, 0.25) is 0 Å². The molecule has 60 heavy (non-hydrogen) atoms. The van der Waals surface area contributed by atoms with Gasteiger partial charge in [0.25, 0.3) is 14.9 Å². The summed E-state index contributed by atoms with van der Waals surface area (Å²) in [5.41, 5.74) is 1.23. The van der Waals surface area contributed by atoms with Crippen LogP contribution in [-0.4, -0.2) is 105 Å². The van der Waals surface area contributed by atoms with Gasteiger partial charge in [-0.1, -0.05) is 67.6 Å². The van der Waals surface area contributed by atoms with Gasteiger partial charge in [-0.15, -0.1) is 4.91 Å². The molecule has 6 atom stereocenters. The Kier molecular flexibility index (Phi) is 20.3. The topological polar surface area (TPSA) is 163 Å². The molecule has 1 heterocycles. The van der Waals surface area contributed by atoms with E-state index in [-0.39, 0.29) is 45.3 Å². The Morgan fingerprint density at radius 1 is 0.883 bits per heavy atom. The number of rotatable bonds is 27. The van der Waals surface area contributed by atoms with Crippen LogP contribution in [0, 0.1) is 16.2 Å². The fourth-order valence-corrected chi connectivity index (χ4v) is 8.84. The van der Waals surface area contributed by atoms with Crippen molar-refractivity contribution < 1.29 is 47.3 Å². The number of benzene rings is 3. The molecule has 0 radical (unpaired) electrons. The Hall–Kier alpha value is -4.04. The van der Waals surface area contributed by atoms with Crippen molar-refractivity contribution in [1.29, 1.82) is 5.26 Å². The quantitative estimate of drug-likeness (QED) is 0.0258. The first-order valence-corrected chi connectivity index (χ1v) is 21.3. The summed E-state index contributed by atoms with van der Waals surface area (Å²) in [5, 5.41) is 22.8. The third kappa shape index (κ3) is 12.5. The van der Waals surface area contributed by atoms with Gasteiger partial charge in [-0.05, 0) is 87.2 Å². The van der Waals surface area contributed by atoms with Crippen LogP contribution in [0.15, 0.2) is 96.3 Å². The van der Waals surface area contributed by atoms with Crippen LogP contribution in [0.25, 0.3) is 0 Å². The highest BCUT2D eigenvalue weighted by molar-refractivity contribution is 7.44. The summed E-state index contributed by atoms with van der Waals surface area (Å²) in [6, 6.07) is 27.3. The van der Waals surface area contributed by atoms with E-state index in [2.05, 4.69) is 37.5 Å². The molecule has 1 aliphatic rings. The van der Waals surface area contributed by atoms with E-state index in [1.165, 1.54) is 11.1 Å². The molecule has 0 aliphatic carbocycles. The molecule has 328 valence electrons. The normalized spacial score (nSPS) is 19.2. The number of aliphatic hydroxyl groups is 1. The minimum atomic E-state index is -1.84. The van der Waals surface area contributed by atoms with E-state index in [9.17, 15) is 10.0 Å². The predicted molar refractivity (Wildman–Crippen MR) is 227 cm³/mol. The maximum atomic E-state index is 12.0. The van der Waals surface area contributed by atoms with Crippen LogP contribution in [0.5, 0.6) is 11.5 Å². The second kappa shape index (κ2) is 25.0. The van der Waals surface area contributed by atoms with Crippen LogP contribution in [-0.2, 0) is 38.3 Å². The van der Waals surface area contributed by atoms with Crippen LogP contribution in [0.1, 0.15) is 71.1 Å². The molecular weight excluding hydrogens is 791 g/mol. The first-order valence-electron chi connectivity index (χ1n) is 20.2. The number of hydrogen-bond donors (Lipinski definition) is 1. The lowest BCUT2D eigenvalue weighted by molar-refractivity contribution is -0.191. The summed E-state index contributed by atoms with van der Waals surface area (Å²) in [6.45, 7) is 12.2. The summed E-state index contributed by atoms with van der Waals surface area (Å²) < 4.78 is 58.5. The molecule has 0 bridgehead atoms. The Labute approximate surface area is 355 Å². The molecule has 0 spiro atoms. The van der Waals surface area contributed by atoms with Crippen LogP contribution < -0.4 is 9.47 Å². The van der Waals surface area contributed by atoms with E-state index in [1.54, 1.807) is 27.2 Å². The van der Waals surface area contributed by atoms with Gasteiger partial charge < -0.3 is 52.2 Å². The average molecular weight is 853 g/mol. The molecule has 0 aromatic heterocycles. The molecule has 0 amide bonds. The zero-order valence-corrected chi connectivity index (χ0v) is 36.8. The van der Waals surface area contributed by atoms with Crippen molar-refractivity contribution in [2.75, 3.05) is 47.6 Å². The first kappa shape index (κ1) is 48.6. The SMILES string of the molecule is C/C=C\N(C(O)N=O)[C@@H]1O[C@H](COC(c2ccccc2)(c2ccc(OC)cc2)c2ccc(OC)cc2)C(OP(OCCC)N(C(C)C)C(C)C)C1OCOCOCCC#N. The van der Waals surface area contributed by atoms with E-state index < -0.39 is 45.0 Å². The minimum absolute atomic E-state index is 0.0329. The summed E-state index contributed by atoms with van der Waals surface area (Å²) in [7, 11) is 1.49. The molecule has 0 saturated carbocycles. The number of allylic oxidation sites excluding steroid dienone is 1. The zero-order chi connectivity index (χ0) is 43.5. The Bertz CT molecular complexity index is 1690. The number of hydrogen-bond acceptors (Lipinski definition) is 15. The third-order valence-corrected chi connectivity index (χ3v) is 11.8. The highest BCUT2D eigenvalue weighted by Crippen LogP contribution is 2.50. The van der Waals surface area contributed by atoms with Gasteiger partial charge in [-0.25, -0.2) is 4.67 Å². The van der Waals surface area contributed by atoms with Crippen LogP contribution >= 0.6 is 8.53 Å². The van der Waals surface area contributed by atoms with E-state index in [0.717, 1.165) is 23.1 Å². The van der Waals surface area contributed by atoms with E-state index >= 15 is 0 Å². The van der Waals surface area contributed by atoms with Crippen LogP contribution in [0.4, 0.5) is 0 Å². The van der Waals surface area contributed by atoms with Gasteiger partial charge in [0.1, 0.15) is 49.0 Å². The molecule has 3 aromatic carbocycles. The maximum Gasteiger partial charge on any atom is 0.267 e. The Morgan fingerprint density at radius 2 is 1.48 bits per heavy atom. The summed E-state index contributed by atoms with van der Waals surface area (Å²) in [4.78, 5) is 13.2. The smallest absolute Gasteiger partial charge is 0.267 e. The van der Waals surface area contributed by atoms with Crippen molar-refractivity contribution in [2.24, 2.45) is 5.18 Å². The van der Waals surface area contributed by atoms with Crippen molar-refractivity contribution in [1.82, 2.24) is 9.57 Å². The van der Waals surface area contributed by atoms with Crippen LogP contribution in [0.2, 0.25) is 0 Å². The highest BCUT2D eigenvalue weighted by atomic mass is 31.2. The van der Waals surface area contributed by atoms with Gasteiger partial charge in [0.15, 0.2) is 6.23 Å². The van der Waals surface area contributed by atoms with Gasteiger partial charge in [-0.2, -0.15) is 5.26 Å². The largest absolute Gasteiger partial charge is 0.497 e. The zero-order valence-electron chi connectivity index (χ0n) is 35.9. The van der Waals surface area contributed by atoms with E-state index in [4.69, 9.17) is 47.5 Å². The fourth-order valence-electron chi connectivity index (χ4n) is 6.98. The van der Waals surface area contributed by atoms with Crippen molar-refractivity contribution >= 4 is 8.53 Å². The molecule has 4 unspecified atom stereocenters. The summed E-state index contributed by atoms with van der Waals surface area (Å²) in [5.74, 6) is 1.35. The van der Waals surface area contributed by atoms with Crippen molar-refractivity contribution in [3.63, 3.8) is 0 Å². The number of nitrogens with zero attached hydrogens (tertiary/aromatic N) is 4. The predicted octanol–water partition coefficient (Wildman–Crippen LogP) is 8.02. The standard InChI is InChI=1S/C44H61N4O11P/c1-9-26-47(43(49)46-50)42-41(55-31-54-30-53-28-14-25-45)40(59-60(57-27-10-2)48(32(3)4)33(5)6)39(58-42)29-56-44(34-15-12-11-13-16-34,35-17-21-37(51-7)22-18-35)36-19-23-38(52-8)24-20-36/h9,11-13,15-24,26,32-33,39-43,49H,10,14,27-31H2,1-8H3/b26-9-/t39-,40?,41?,42-,43?,60?/m1/s1. The average Bonchev–Trinajstić information content (AvgIpc) is 3.60. The van der Waals surface area contributed by atoms with E-state index in [1.807, 2.05) is 91.9 Å². The Morgan fingerprint density at radius 3 is 2.00 bits per heavy atom. The van der Waals surface area contributed by atoms with Gasteiger partial charge in [0, 0.05) is 18.3 Å². The molecule has 3 aromatic rings. The van der Waals surface area contributed by atoms with Gasteiger partial charge in [0.05, 0.1) is 46.5 Å². The lowest BCUT2D eigenvalue weighted by Crippen LogP contribution is -2.48. The molecule has 1 N–H and O–H groups in total. The molecule has 15 nitrogen and oxygen atoms in total. The molecule has 1 saturated heterocycles. The molecule has 16 heteroatoms. The lowest BCUT2D eigenvalue weighted by Gasteiger charge is -2.39. The van der Waals surface area contributed by atoms with Crippen LogP contribution in [0.3, 0.4) is 0 Å². The third-order valence-electron chi connectivity index (χ3n) is 9.63. The fraction of sp³-hybridized carbons (Fsp3) is 0.523. The van der Waals surface area contributed by atoms with Crippen molar-refractivity contribution in [3.05, 3.63) is 113 Å². The highest BCUT2D eigenvalue weighted by Gasteiger charge is 2.53.